The van der Waals surface area contributed by atoms with Crippen LogP contribution in [0.5, 0.6) is 0 Å². The predicted octanol–water partition coefficient (Wildman–Crippen LogP) is 0.568. The van der Waals surface area contributed by atoms with E-state index >= 15 is 0 Å². The van der Waals surface area contributed by atoms with Gasteiger partial charge in [-0.05, 0) is 19.3 Å². The average molecular weight is 244 g/mol. The van der Waals surface area contributed by atoms with Crippen LogP contribution >= 0.6 is 0 Å². The van der Waals surface area contributed by atoms with Crippen LogP contribution in [-0.2, 0) is 14.3 Å². The Balaban J connectivity index is 0.000000770. The summed E-state index contributed by atoms with van der Waals surface area (Å²) < 4.78 is 4.25. The van der Waals surface area contributed by atoms with Gasteiger partial charge >= 0.3 is 0 Å². The number of carbonyl (C=O) groups is 2. The van der Waals surface area contributed by atoms with E-state index in [-0.39, 0.29) is 5.91 Å². The Labute approximate surface area is 103 Å². The van der Waals surface area contributed by atoms with Crippen molar-refractivity contribution < 1.29 is 14.3 Å². The smallest absolute Gasteiger partial charge is 0.291 e. The van der Waals surface area contributed by atoms with Crippen LogP contribution in [0.4, 0.5) is 0 Å². The molecule has 0 aromatic rings. The standard InChI is InChI=1S/C10H18N2O2.C2H6O/c1-2-5-8(11)9(13)10(14)12-6-3-4-7-12;1-3-2/h8H,2-7,11H2,1H3;1-2H3. The molecule has 1 saturated heterocycles. The Morgan fingerprint density at radius 1 is 1.29 bits per heavy atom. The summed E-state index contributed by atoms with van der Waals surface area (Å²) in [6, 6.07) is -0.604. The number of Topliss-reactive ketones (excluding diaryl/α,β-unsaturated/α-hetero) is 1. The zero-order valence-electron chi connectivity index (χ0n) is 11.1. The summed E-state index contributed by atoms with van der Waals surface area (Å²) in [6.07, 6.45) is 3.43. The number of nitrogens with two attached hydrogens (primary N) is 1. The number of amides is 1. The van der Waals surface area contributed by atoms with E-state index in [4.69, 9.17) is 5.73 Å². The van der Waals surface area contributed by atoms with Crippen molar-refractivity contribution in [2.24, 2.45) is 5.73 Å². The number of methoxy groups -OCH3 is 1. The highest BCUT2D eigenvalue weighted by Gasteiger charge is 2.27. The van der Waals surface area contributed by atoms with Gasteiger partial charge in [-0.2, -0.15) is 0 Å². The normalized spacial score (nSPS) is 16.1. The van der Waals surface area contributed by atoms with Crippen molar-refractivity contribution in [1.29, 1.82) is 0 Å². The van der Waals surface area contributed by atoms with Crippen LogP contribution in [0.15, 0.2) is 0 Å². The maximum atomic E-state index is 11.6. The third-order valence-corrected chi connectivity index (χ3v) is 2.54. The molecule has 0 aromatic heterocycles. The number of rotatable bonds is 4. The highest BCUT2D eigenvalue weighted by Crippen LogP contribution is 2.09. The van der Waals surface area contributed by atoms with Gasteiger partial charge in [-0.3, -0.25) is 9.59 Å². The van der Waals surface area contributed by atoms with Crippen LogP contribution in [-0.4, -0.2) is 49.9 Å². The van der Waals surface area contributed by atoms with E-state index in [9.17, 15) is 9.59 Å². The fourth-order valence-electron chi connectivity index (χ4n) is 1.68. The summed E-state index contributed by atoms with van der Waals surface area (Å²) in [5.74, 6) is -0.808. The molecule has 1 aliphatic rings. The van der Waals surface area contributed by atoms with E-state index in [2.05, 4.69) is 4.74 Å². The lowest BCUT2D eigenvalue weighted by molar-refractivity contribution is -0.144. The highest BCUT2D eigenvalue weighted by molar-refractivity contribution is 6.38. The summed E-state index contributed by atoms with van der Waals surface area (Å²) in [5.41, 5.74) is 5.60. The fraction of sp³-hybridized carbons (Fsp3) is 0.833. The minimum atomic E-state index is -0.604. The van der Waals surface area contributed by atoms with Crippen molar-refractivity contribution in [3.63, 3.8) is 0 Å². The molecule has 0 bridgehead atoms. The van der Waals surface area contributed by atoms with Crippen molar-refractivity contribution in [3.8, 4) is 0 Å². The van der Waals surface area contributed by atoms with E-state index in [0.717, 1.165) is 19.3 Å². The van der Waals surface area contributed by atoms with Gasteiger partial charge in [0, 0.05) is 27.3 Å². The maximum absolute atomic E-state index is 11.6. The van der Waals surface area contributed by atoms with E-state index < -0.39 is 11.8 Å². The van der Waals surface area contributed by atoms with E-state index in [1.807, 2.05) is 6.92 Å². The molecule has 0 radical (unpaired) electrons. The lowest BCUT2D eigenvalue weighted by Gasteiger charge is -2.16. The molecule has 0 saturated carbocycles. The quantitative estimate of drug-likeness (QED) is 0.734. The van der Waals surface area contributed by atoms with E-state index in [0.29, 0.717) is 19.5 Å². The first-order valence-electron chi connectivity index (χ1n) is 6.07. The second kappa shape index (κ2) is 9.13. The van der Waals surface area contributed by atoms with Crippen molar-refractivity contribution in [2.75, 3.05) is 27.3 Å². The second-order valence-electron chi connectivity index (χ2n) is 4.17. The Kier molecular flexibility index (Phi) is 8.62. The molecule has 5 nitrogen and oxygen atoms in total. The lowest BCUT2D eigenvalue weighted by atomic mass is 10.1. The summed E-state index contributed by atoms with van der Waals surface area (Å²) in [7, 11) is 3.25. The summed E-state index contributed by atoms with van der Waals surface area (Å²) >= 11 is 0. The Bertz CT molecular complexity index is 238. The van der Waals surface area contributed by atoms with Crippen molar-refractivity contribution in [1.82, 2.24) is 4.90 Å². The number of ether oxygens (including phenoxy) is 1. The molecular formula is C12H24N2O3. The Morgan fingerprint density at radius 2 is 1.76 bits per heavy atom. The molecular weight excluding hydrogens is 220 g/mol. The Hall–Kier alpha value is -0.940. The first-order chi connectivity index (χ1) is 8.08. The molecule has 1 rings (SSSR count). The third kappa shape index (κ3) is 5.79. The van der Waals surface area contributed by atoms with Crippen LogP contribution in [0, 0.1) is 0 Å². The molecule has 5 heteroatoms. The molecule has 0 aromatic carbocycles. The van der Waals surface area contributed by atoms with Gasteiger partial charge < -0.3 is 15.4 Å². The predicted molar refractivity (Wildman–Crippen MR) is 66.6 cm³/mol. The van der Waals surface area contributed by atoms with Gasteiger partial charge in [0.25, 0.3) is 5.91 Å². The largest absolute Gasteiger partial charge is 0.388 e. The molecule has 2 N–H and O–H groups in total. The van der Waals surface area contributed by atoms with Crippen LogP contribution in [0.25, 0.3) is 0 Å². The van der Waals surface area contributed by atoms with Crippen LogP contribution in [0.3, 0.4) is 0 Å². The number of carbonyl (C=O) groups excluding carboxylic acids is 2. The van der Waals surface area contributed by atoms with Crippen LogP contribution in [0.2, 0.25) is 0 Å². The topological polar surface area (TPSA) is 72.6 Å². The zero-order chi connectivity index (χ0) is 13.3. The van der Waals surface area contributed by atoms with Gasteiger partial charge in [0.1, 0.15) is 0 Å². The summed E-state index contributed by atoms with van der Waals surface area (Å²) in [5, 5.41) is 0. The second-order valence-corrected chi connectivity index (χ2v) is 4.17. The van der Waals surface area contributed by atoms with Gasteiger partial charge in [-0.15, -0.1) is 0 Å². The lowest BCUT2D eigenvalue weighted by Crippen LogP contribution is -2.43. The fourth-order valence-corrected chi connectivity index (χ4v) is 1.68. The minimum absolute atomic E-state index is 0.386. The first-order valence-corrected chi connectivity index (χ1v) is 6.07. The number of hydrogen-bond acceptors (Lipinski definition) is 4. The van der Waals surface area contributed by atoms with Crippen molar-refractivity contribution in [3.05, 3.63) is 0 Å². The van der Waals surface area contributed by atoms with Crippen molar-refractivity contribution >= 4 is 11.7 Å². The Morgan fingerprint density at radius 3 is 2.18 bits per heavy atom. The molecule has 1 atom stereocenters. The number of likely N-dealkylation sites (tertiary alicyclic amines) is 1. The van der Waals surface area contributed by atoms with Crippen molar-refractivity contribution in [2.45, 2.75) is 38.6 Å². The van der Waals surface area contributed by atoms with Gasteiger partial charge in [0.05, 0.1) is 6.04 Å². The van der Waals surface area contributed by atoms with Gasteiger partial charge in [-0.1, -0.05) is 13.3 Å². The SMILES string of the molecule is CCCC(N)C(=O)C(=O)N1CCCC1.COC. The molecule has 100 valence electrons. The summed E-state index contributed by atoms with van der Waals surface area (Å²) in [4.78, 5) is 24.7. The molecule has 0 aliphatic carbocycles. The zero-order valence-corrected chi connectivity index (χ0v) is 11.1. The molecule has 1 fully saturated rings. The van der Waals surface area contributed by atoms with Crippen LogP contribution < -0.4 is 5.73 Å². The molecule has 17 heavy (non-hydrogen) atoms. The third-order valence-electron chi connectivity index (χ3n) is 2.54. The number of ketones is 1. The van der Waals surface area contributed by atoms with Crippen LogP contribution in [0.1, 0.15) is 32.6 Å². The molecule has 0 spiro atoms. The monoisotopic (exact) mass is 244 g/mol. The molecule has 1 unspecified atom stereocenters. The first kappa shape index (κ1) is 16.1. The molecule has 1 heterocycles. The number of hydrogen-bond donors (Lipinski definition) is 1. The van der Waals surface area contributed by atoms with Gasteiger partial charge in [0.2, 0.25) is 5.78 Å². The molecule has 1 aliphatic heterocycles. The van der Waals surface area contributed by atoms with Gasteiger partial charge in [0.15, 0.2) is 0 Å². The highest BCUT2D eigenvalue weighted by atomic mass is 16.4. The molecule has 1 amide bonds. The average Bonchev–Trinajstić information content (AvgIpc) is 2.82. The maximum Gasteiger partial charge on any atom is 0.291 e. The van der Waals surface area contributed by atoms with Gasteiger partial charge in [-0.25, -0.2) is 0 Å². The van der Waals surface area contributed by atoms with E-state index in [1.54, 1.807) is 19.1 Å². The van der Waals surface area contributed by atoms with E-state index in [1.165, 1.54) is 0 Å². The number of nitrogens with zero attached hydrogens (tertiary/aromatic N) is 1. The minimum Gasteiger partial charge on any atom is -0.388 e. The summed E-state index contributed by atoms with van der Waals surface area (Å²) in [6.45, 7) is 3.38.